The van der Waals surface area contributed by atoms with Crippen molar-refractivity contribution in [1.29, 1.82) is 0 Å². The summed E-state index contributed by atoms with van der Waals surface area (Å²) in [5.41, 5.74) is 7.33. The molecular weight excluding hydrogens is 356 g/mol. The fourth-order valence-electron chi connectivity index (χ4n) is 3.52. The van der Waals surface area contributed by atoms with Crippen molar-refractivity contribution in [3.63, 3.8) is 0 Å². The molecule has 1 fully saturated rings. The molecule has 1 atom stereocenters. The van der Waals surface area contributed by atoms with Gasteiger partial charge in [-0.1, -0.05) is 18.2 Å². The average molecular weight is 382 g/mol. The van der Waals surface area contributed by atoms with Crippen molar-refractivity contribution in [3.8, 4) is 5.75 Å². The standard InChI is InChI=1S/C21H26N4O3/c1-24(13-15-10-11-25(14-15)17-6-4-3-5-7-17)21(27)23-16-8-9-19(28-2)18(12-16)20(22)26/h3-9,12,15H,10-11,13-14H2,1-2H3,(H2,22,26)(H,23,27). The highest BCUT2D eigenvalue weighted by Crippen LogP contribution is 2.25. The lowest BCUT2D eigenvalue weighted by molar-refractivity contribution is 0.0997. The van der Waals surface area contributed by atoms with Gasteiger partial charge in [-0.25, -0.2) is 4.79 Å². The number of ether oxygens (including phenoxy) is 1. The Balaban J connectivity index is 1.57. The van der Waals surface area contributed by atoms with Gasteiger partial charge < -0.3 is 25.6 Å². The molecule has 7 nitrogen and oxygen atoms in total. The third-order valence-corrected chi connectivity index (χ3v) is 5.00. The number of anilines is 2. The van der Waals surface area contributed by atoms with Crippen LogP contribution in [0.3, 0.4) is 0 Å². The molecule has 2 aromatic rings. The third-order valence-electron chi connectivity index (χ3n) is 5.00. The predicted molar refractivity (Wildman–Crippen MR) is 110 cm³/mol. The molecule has 0 spiro atoms. The summed E-state index contributed by atoms with van der Waals surface area (Å²) in [6, 6.07) is 14.9. The van der Waals surface area contributed by atoms with Crippen molar-refractivity contribution in [2.75, 3.05) is 44.0 Å². The minimum absolute atomic E-state index is 0.223. The Morgan fingerprint density at radius 1 is 1.25 bits per heavy atom. The Hall–Kier alpha value is -3.22. The van der Waals surface area contributed by atoms with Crippen LogP contribution in [0.2, 0.25) is 0 Å². The van der Waals surface area contributed by atoms with E-state index in [-0.39, 0.29) is 11.6 Å². The largest absolute Gasteiger partial charge is 0.496 e. The van der Waals surface area contributed by atoms with Gasteiger partial charge in [-0.05, 0) is 42.7 Å². The second-order valence-electron chi connectivity index (χ2n) is 7.03. The second-order valence-corrected chi connectivity index (χ2v) is 7.03. The number of rotatable bonds is 6. The number of carbonyl (C=O) groups is 2. The maximum atomic E-state index is 12.5. The number of nitrogens with two attached hydrogens (primary N) is 1. The van der Waals surface area contributed by atoms with E-state index in [1.54, 1.807) is 24.1 Å². The number of benzene rings is 2. The molecular formula is C21H26N4O3. The summed E-state index contributed by atoms with van der Waals surface area (Å²) in [4.78, 5) is 28.1. The Morgan fingerprint density at radius 2 is 2.00 bits per heavy atom. The van der Waals surface area contributed by atoms with E-state index in [0.717, 1.165) is 19.5 Å². The second kappa shape index (κ2) is 8.65. The van der Waals surface area contributed by atoms with Gasteiger partial charge in [-0.3, -0.25) is 4.79 Å². The molecule has 1 heterocycles. The summed E-state index contributed by atoms with van der Waals surface area (Å²) in [5, 5.41) is 2.82. The minimum Gasteiger partial charge on any atom is -0.496 e. The van der Waals surface area contributed by atoms with Gasteiger partial charge >= 0.3 is 6.03 Å². The lowest BCUT2D eigenvalue weighted by Gasteiger charge is -2.23. The Bertz CT molecular complexity index is 841. The van der Waals surface area contributed by atoms with Crippen molar-refractivity contribution in [3.05, 3.63) is 54.1 Å². The monoisotopic (exact) mass is 382 g/mol. The van der Waals surface area contributed by atoms with E-state index in [9.17, 15) is 9.59 Å². The number of primary amides is 1. The summed E-state index contributed by atoms with van der Waals surface area (Å²) in [6.45, 7) is 2.58. The molecule has 0 aliphatic carbocycles. The van der Waals surface area contributed by atoms with Crippen molar-refractivity contribution >= 4 is 23.3 Å². The molecule has 2 aromatic carbocycles. The van der Waals surface area contributed by atoms with E-state index < -0.39 is 5.91 Å². The molecule has 148 valence electrons. The van der Waals surface area contributed by atoms with E-state index >= 15 is 0 Å². The van der Waals surface area contributed by atoms with Crippen molar-refractivity contribution < 1.29 is 14.3 Å². The molecule has 0 bridgehead atoms. The van der Waals surface area contributed by atoms with Crippen LogP contribution in [0.5, 0.6) is 5.75 Å². The molecule has 0 radical (unpaired) electrons. The summed E-state index contributed by atoms with van der Waals surface area (Å²) < 4.78 is 5.12. The molecule has 1 aliphatic rings. The van der Waals surface area contributed by atoms with Crippen LogP contribution in [-0.4, -0.2) is 50.6 Å². The molecule has 28 heavy (non-hydrogen) atoms. The van der Waals surface area contributed by atoms with E-state index in [0.29, 0.717) is 23.9 Å². The highest BCUT2D eigenvalue weighted by molar-refractivity contribution is 5.98. The van der Waals surface area contributed by atoms with Crippen LogP contribution >= 0.6 is 0 Å². The number of nitrogens with one attached hydrogen (secondary N) is 1. The molecule has 0 aromatic heterocycles. The van der Waals surface area contributed by atoms with Gasteiger partial charge in [-0.15, -0.1) is 0 Å². The van der Waals surface area contributed by atoms with Crippen molar-refractivity contribution in [2.45, 2.75) is 6.42 Å². The minimum atomic E-state index is -0.603. The third kappa shape index (κ3) is 4.54. The first kappa shape index (κ1) is 19.5. The van der Waals surface area contributed by atoms with Crippen LogP contribution in [0.25, 0.3) is 0 Å². The molecule has 1 unspecified atom stereocenters. The maximum Gasteiger partial charge on any atom is 0.321 e. The van der Waals surface area contributed by atoms with Crippen LogP contribution in [0.1, 0.15) is 16.8 Å². The predicted octanol–water partition coefficient (Wildman–Crippen LogP) is 2.78. The zero-order valence-corrected chi connectivity index (χ0v) is 16.2. The maximum absolute atomic E-state index is 12.5. The molecule has 1 saturated heterocycles. The van der Waals surface area contributed by atoms with Gasteiger partial charge in [0.05, 0.1) is 12.7 Å². The quantitative estimate of drug-likeness (QED) is 0.804. The molecule has 3 N–H and O–H groups in total. The average Bonchev–Trinajstić information content (AvgIpc) is 3.17. The fraction of sp³-hybridized carbons (Fsp3) is 0.333. The van der Waals surface area contributed by atoms with Gasteiger partial charge in [0.2, 0.25) is 0 Å². The van der Waals surface area contributed by atoms with Crippen LogP contribution < -0.4 is 20.7 Å². The smallest absolute Gasteiger partial charge is 0.321 e. The SMILES string of the molecule is COc1ccc(NC(=O)N(C)CC2CCN(c3ccccc3)C2)cc1C(N)=O. The number of para-hydroxylation sites is 1. The van der Waals surface area contributed by atoms with E-state index in [1.807, 2.05) is 18.2 Å². The fourth-order valence-corrected chi connectivity index (χ4v) is 3.52. The van der Waals surface area contributed by atoms with Gasteiger partial charge in [0.1, 0.15) is 5.75 Å². The van der Waals surface area contributed by atoms with Crippen molar-refractivity contribution in [2.24, 2.45) is 11.7 Å². The van der Waals surface area contributed by atoms with Gasteiger partial charge in [0, 0.05) is 38.1 Å². The van der Waals surface area contributed by atoms with Crippen LogP contribution in [-0.2, 0) is 0 Å². The topological polar surface area (TPSA) is 87.9 Å². The highest BCUT2D eigenvalue weighted by Gasteiger charge is 2.25. The van der Waals surface area contributed by atoms with E-state index in [2.05, 4.69) is 22.3 Å². The van der Waals surface area contributed by atoms with Crippen LogP contribution in [0.4, 0.5) is 16.2 Å². The number of amides is 3. The Labute approximate surface area is 165 Å². The van der Waals surface area contributed by atoms with Gasteiger partial charge in [-0.2, -0.15) is 0 Å². The number of hydrogen-bond donors (Lipinski definition) is 2. The van der Waals surface area contributed by atoms with Gasteiger partial charge in [0.25, 0.3) is 5.91 Å². The number of methoxy groups -OCH3 is 1. The zero-order valence-electron chi connectivity index (χ0n) is 16.2. The summed E-state index contributed by atoms with van der Waals surface area (Å²) >= 11 is 0. The Kier molecular flexibility index (Phi) is 6.03. The molecule has 3 amide bonds. The van der Waals surface area contributed by atoms with Crippen molar-refractivity contribution in [1.82, 2.24) is 4.90 Å². The number of hydrogen-bond acceptors (Lipinski definition) is 4. The molecule has 3 rings (SSSR count). The summed E-state index contributed by atoms with van der Waals surface area (Å²) in [6.07, 6.45) is 1.04. The number of nitrogens with zero attached hydrogens (tertiary/aromatic N) is 2. The molecule has 1 aliphatic heterocycles. The lowest BCUT2D eigenvalue weighted by Crippen LogP contribution is -2.36. The van der Waals surface area contributed by atoms with E-state index in [1.165, 1.54) is 18.9 Å². The van der Waals surface area contributed by atoms with Crippen LogP contribution in [0.15, 0.2) is 48.5 Å². The van der Waals surface area contributed by atoms with E-state index in [4.69, 9.17) is 10.5 Å². The summed E-state index contributed by atoms with van der Waals surface area (Å²) in [7, 11) is 3.24. The molecule has 0 saturated carbocycles. The normalized spacial score (nSPS) is 15.9. The zero-order chi connectivity index (χ0) is 20.1. The first-order chi connectivity index (χ1) is 13.5. The summed E-state index contributed by atoms with van der Waals surface area (Å²) in [5.74, 6) is 0.187. The van der Waals surface area contributed by atoms with Gasteiger partial charge in [0.15, 0.2) is 0 Å². The van der Waals surface area contributed by atoms with Crippen LogP contribution in [0, 0.1) is 5.92 Å². The molecule has 7 heteroatoms. The Morgan fingerprint density at radius 3 is 2.68 bits per heavy atom. The number of urea groups is 1. The number of carbonyl (C=O) groups excluding carboxylic acids is 2. The lowest BCUT2D eigenvalue weighted by atomic mass is 10.1. The first-order valence-corrected chi connectivity index (χ1v) is 9.28. The highest BCUT2D eigenvalue weighted by atomic mass is 16.5. The first-order valence-electron chi connectivity index (χ1n) is 9.28.